The van der Waals surface area contributed by atoms with Gasteiger partial charge in [-0.15, -0.1) is 0 Å². The van der Waals surface area contributed by atoms with Gasteiger partial charge in [0.1, 0.15) is 0 Å². The van der Waals surface area contributed by atoms with Gasteiger partial charge in [0.2, 0.25) is 6.79 Å². The molecule has 0 bridgehead atoms. The van der Waals surface area contributed by atoms with E-state index in [1.165, 1.54) is 0 Å². The van der Waals surface area contributed by atoms with Gasteiger partial charge in [0.25, 0.3) is 0 Å². The van der Waals surface area contributed by atoms with Crippen molar-refractivity contribution in [3.8, 4) is 22.8 Å². The first-order valence-corrected chi connectivity index (χ1v) is 7.93. The lowest BCUT2D eigenvalue weighted by molar-refractivity contribution is 0.174. The molecule has 0 fully saturated rings. The minimum atomic E-state index is -0.118. The fourth-order valence-electron chi connectivity index (χ4n) is 2.74. The van der Waals surface area contributed by atoms with Gasteiger partial charge in [-0.3, -0.25) is 4.68 Å². The number of hydrogen-bond acceptors (Lipinski definition) is 4. The van der Waals surface area contributed by atoms with E-state index in [-0.39, 0.29) is 13.4 Å². The first-order chi connectivity index (χ1) is 11.7. The standard InChI is InChI=1S/C18H15ClN2O3/c19-15-4-2-1-3-13(15)9-21-16(8-14(10-22)20-21)12-5-6-17-18(7-12)24-11-23-17/h1-8,22H,9-11H2. The molecule has 4 rings (SSSR count). The lowest BCUT2D eigenvalue weighted by Gasteiger charge is -2.09. The van der Waals surface area contributed by atoms with Crippen LogP contribution in [0.15, 0.2) is 48.5 Å². The molecule has 1 aromatic heterocycles. The van der Waals surface area contributed by atoms with Crippen molar-refractivity contribution in [3.05, 3.63) is 64.8 Å². The largest absolute Gasteiger partial charge is 0.454 e. The van der Waals surface area contributed by atoms with E-state index in [2.05, 4.69) is 5.10 Å². The second kappa shape index (κ2) is 6.19. The molecule has 0 aliphatic carbocycles. The predicted octanol–water partition coefficient (Wildman–Crippen LogP) is 3.47. The summed E-state index contributed by atoms with van der Waals surface area (Å²) >= 11 is 6.26. The van der Waals surface area contributed by atoms with Crippen molar-refractivity contribution >= 4 is 11.6 Å². The van der Waals surface area contributed by atoms with E-state index in [1.807, 2.05) is 53.2 Å². The molecule has 0 saturated heterocycles. The van der Waals surface area contributed by atoms with Crippen molar-refractivity contribution in [2.45, 2.75) is 13.2 Å². The van der Waals surface area contributed by atoms with Gasteiger partial charge in [-0.05, 0) is 35.9 Å². The SMILES string of the molecule is OCc1cc(-c2ccc3c(c2)OCO3)n(Cc2ccccc2Cl)n1. The quantitative estimate of drug-likeness (QED) is 0.788. The van der Waals surface area contributed by atoms with Gasteiger partial charge in [0.15, 0.2) is 11.5 Å². The summed E-state index contributed by atoms with van der Waals surface area (Å²) in [4.78, 5) is 0. The molecule has 3 aromatic rings. The maximum atomic E-state index is 9.45. The number of nitrogens with zero attached hydrogens (tertiary/aromatic N) is 2. The number of fused-ring (bicyclic) bond motifs is 1. The van der Waals surface area contributed by atoms with Crippen LogP contribution in [0.2, 0.25) is 5.02 Å². The monoisotopic (exact) mass is 342 g/mol. The van der Waals surface area contributed by atoms with Gasteiger partial charge in [-0.2, -0.15) is 5.10 Å². The highest BCUT2D eigenvalue weighted by atomic mass is 35.5. The molecule has 5 nitrogen and oxygen atoms in total. The number of benzene rings is 2. The Labute approximate surface area is 144 Å². The highest BCUT2D eigenvalue weighted by molar-refractivity contribution is 6.31. The number of rotatable bonds is 4. The molecule has 0 unspecified atom stereocenters. The first kappa shape index (κ1) is 15.1. The summed E-state index contributed by atoms with van der Waals surface area (Å²) in [7, 11) is 0. The van der Waals surface area contributed by atoms with Crippen LogP contribution in [0.4, 0.5) is 0 Å². The van der Waals surface area contributed by atoms with Crippen LogP contribution in [0.3, 0.4) is 0 Å². The molecule has 1 aliphatic rings. The smallest absolute Gasteiger partial charge is 0.231 e. The van der Waals surface area contributed by atoms with Crippen LogP contribution < -0.4 is 9.47 Å². The Morgan fingerprint density at radius 3 is 2.75 bits per heavy atom. The molecule has 2 heterocycles. The van der Waals surface area contributed by atoms with Crippen molar-refractivity contribution in [3.63, 3.8) is 0 Å². The molecule has 24 heavy (non-hydrogen) atoms. The second-order valence-electron chi connectivity index (χ2n) is 5.50. The summed E-state index contributed by atoms with van der Waals surface area (Å²) in [6, 6.07) is 15.3. The van der Waals surface area contributed by atoms with E-state index in [0.29, 0.717) is 23.0 Å². The van der Waals surface area contributed by atoms with E-state index in [9.17, 15) is 5.11 Å². The lowest BCUT2D eigenvalue weighted by atomic mass is 10.1. The number of ether oxygens (including phenoxy) is 2. The highest BCUT2D eigenvalue weighted by Gasteiger charge is 2.17. The maximum Gasteiger partial charge on any atom is 0.231 e. The molecule has 122 valence electrons. The summed E-state index contributed by atoms with van der Waals surface area (Å²) in [5.74, 6) is 1.45. The zero-order valence-corrected chi connectivity index (χ0v) is 13.5. The summed E-state index contributed by atoms with van der Waals surface area (Å²) < 4.78 is 12.6. The van der Waals surface area contributed by atoms with Crippen LogP contribution >= 0.6 is 11.6 Å². The average Bonchev–Trinajstić information content (AvgIpc) is 3.22. The van der Waals surface area contributed by atoms with Crippen molar-refractivity contribution in [2.75, 3.05) is 6.79 Å². The summed E-state index contributed by atoms with van der Waals surface area (Å²) in [5, 5.41) is 14.6. The summed E-state index contributed by atoms with van der Waals surface area (Å²) in [6.45, 7) is 0.635. The minimum Gasteiger partial charge on any atom is -0.454 e. The van der Waals surface area contributed by atoms with Gasteiger partial charge < -0.3 is 14.6 Å². The molecule has 0 radical (unpaired) electrons. The van der Waals surface area contributed by atoms with Crippen LogP contribution in [0.1, 0.15) is 11.3 Å². The molecule has 1 N–H and O–H groups in total. The Bertz CT molecular complexity index is 892. The van der Waals surface area contributed by atoms with Gasteiger partial charge in [-0.25, -0.2) is 0 Å². The average molecular weight is 343 g/mol. The van der Waals surface area contributed by atoms with E-state index >= 15 is 0 Å². The molecular weight excluding hydrogens is 328 g/mol. The van der Waals surface area contributed by atoms with Crippen LogP contribution in [0, 0.1) is 0 Å². The van der Waals surface area contributed by atoms with E-state index in [4.69, 9.17) is 21.1 Å². The molecule has 0 atom stereocenters. The molecular formula is C18H15ClN2O3. The number of hydrogen-bond donors (Lipinski definition) is 1. The van der Waals surface area contributed by atoms with Crippen molar-refractivity contribution in [1.82, 2.24) is 9.78 Å². The minimum absolute atomic E-state index is 0.118. The number of aliphatic hydroxyl groups is 1. The summed E-state index contributed by atoms with van der Waals surface area (Å²) in [5.41, 5.74) is 3.40. The second-order valence-corrected chi connectivity index (χ2v) is 5.90. The van der Waals surface area contributed by atoms with E-state index in [0.717, 1.165) is 22.6 Å². The van der Waals surface area contributed by atoms with E-state index in [1.54, 1.807) is 0 Å². The molecule has 6 heteroatoms. The van der Waals surface area contributed by atoms with E-state index < -0.39 is 0 Å². The Morgan fingerprint density at radius 1 is 1.08 bits per heavy atom. The third-order valence-electron chi connectivity index (χ3n) is 3.94. The predicted molar refractivity (Wildman–Crippen MR) is 90.3 cm³/mol. The van der Waals surface area contributed by atoms with Gasteiger partial charge in [0, 0.05) is 10.6 Å². The summed E-state index contributed by atoms with van der Waals surface area (Å²) in [6.07, 6.45) is 0. The lowest BCUT2D eigenvalue weighted by Crippen LogP contribution is -2.05. The molecule has 0 saturated carbocycles. The number of aromatic nitrogens is 2. The van der Waals surface area contributed by atoms with Crippen LogP contribution in [0.5, 0.6) is 11.5 Å². The Hall–Kier alpha value is -2.50. The zero-order valence-electron chi connectivity index (χ0n) is 12.8. The van der Waals surface area contributed by atoms with Gasteiger partial charge in [0.05, 0.1) is 24.5 Å². The molecule has 0 spiro atoms. The number of halogens is 1. The molecule has 2 aromatic carbocycles. The van der Waals surface area contributed by atoms with Crippen molar-refractivity contribution in [1.29, 1.82) is 0 Å². The third-order valence-corrected chi connectivity index (χ3v) is 4.31. The fraction of sp³-hybridized carbons (Fsp3) is 0.167. The highest BCUT2D eigenvalue weighted by Crippen LogP contribution is 2.36. The Morgan fingerprint density at radius 2 is 1.92 bits per heavy atom. The van der Waals surface area contributed by atoms with Crippen LogP contribution in [0.25, 0.3) is 11.3 Å². The van der Waals surface area contributed by atoms with Crippen LogP contribution in [-0.4, -0.2) is 21.7 Å². The van der Waals surface area contributed by atoms with Crippen molar-refractivity contribution < 1.29 is 14.6 Å². The first-order valence-electron chi connectivity index (χ1n) is 7.55. The van der Waals surface area contributed by atoms with Gasteiger partial charge in [-0.1, -0.05) is 29.8 Å². The maximum absolute atomic E-state index is 9.45. The molecule has 0 amide bonds. The van der Waals surface area contributed by atoms with Gasteiger partial charge >= 0.3 is 0 Å². The fourth-order valence-corrected chi connectivity index (χ4v) is 2.94. The topological polar surface area (TPSA) is 56.5 Å². The Kier molecular flexibility index (Phi) is 3.88. The third kappa shape index (κ3) is 2.72. The molecule has 1 aliphatic heterocycles. The Balaban J connectivity index is 1.75. The van der Waals surface area contributed by atoms with Crippen molar-refractivity contribution in [2.24, 2.45) is 0 Å². The van der Waals surface area contributed by atoms with Crippen LogP contribution in [-0.2, 0) is 13.2 Å². The zero-order chi connectivity index (χ0) is 16.5. The normalized spacial score (nSPS) is 12.6. The number of aliphatic hydroxyl groups excluding tert-OH is 1.